The minimum absolute atomic E-state index is 0.325. The van der Waals surface area contributed by atoms with Gasteiger partial charge in [-0.15, -0.1) is 0 Å². The summed E-state index contributed by atoms with van der Waals surface area (Å²) in [6.45, 7) is 4.56. The Morgan fingerprint density at radius 1 is 1.00 bits per heavy atom. The van der Waals surface area contributed by atoms with Gasteiger partial charge < -0.3 is 19.1 Å². The average molecular weight is 394 g/mol. The molecule has 9 heteroatoms. The van der Waals surface area contributed by atoms with Gasteiger partial charge in [-0.2, -0.15) is 15.1 Å². The first-order valence-corrected chi connectivity index (χ1v) is 9.74. The Morgan fingerprint density at radius 3 is 2.66 bits per heavy atom. The first-order valence-electron chi connectivity index (χ1n) is 9.74. The predicted molar refractivity (Wildman–Crippen MR) is 104 cm³/mol. The van der Waals surface area contributed by atoms with E-state index in [1.54, 1.807) is 17.1 Å². The highest BCUT2D eigenvalue weighted by Crippen LogP contribution is 2.23. The lowest BCUT2D eigenvalue weighted by Gasteiger charge is -2.28. The molecule has 0 aliphatic carbocycles. The second-order valence-corrected chi connectivity index (χ2v) is 6.96. The summed E-state index contributed by atoms with van der Waals surface area (Å²) in [4.78, 5) is 15.5. The summed E-state index contributed by atoms with van der Waals surface area (Å²) in [6.07, 6.45) is 6.37. The Bertz CT molecular complexity index is 948. The molecule has 0 saturated carbocycles. The minimum atomic E-state index is 0.325. The van der Waals surface area contributed by atoms with Crippen molar-refractivity contribution in [2.24, 2.45) is 0 Å². The molecule has 2 aliphatic rings. The second-order valence-electron chi connectivity index (χ2n) is 6.96. The molecule has 29 heavy (non-hydrogen) atoms. The van der Waals surface area contributed by atoms with Crippen LogP contribution in [0.15, 0.2) is 36.8 Å². The molecule has 0 atom stereocenters. The number of rotatable bonds is 5. The molecule has 3 aromatic rings. The summed E-state index contributed by atoms with van der Waals surface area (Å²) in [5, 5.41) is 4.66. The third-order valence-corrected chi connectivity index (χ3v) is 5.00. The Hall–Kier alpha value is -3.04. The number of morpholine rings is 1. The molecule has 0 N–H and O–H groups in total. The fraction of sp³-hybridized carbons (Fsp3) is 0.400. The number of nitrogens with zero attached hydrogens (tertiary/aromatic N) is 6. The first-order chi connectivity index (χ1) is 14.3. The number of anilines is 1. The standard InChI is InChI=1S/C20H22N6O3/c1-4-21-5-2-15(1)13-29-20-22-18(25-6-9-27-10-7-25)11-19(23-20)26-12-16-3-8-28-14-17(16)24-26/h1-2,4-5,11-12H,3,6-10,13-14H2. The van der Waals surface area contributed by atoms with Crippen molar-refractivity contribution in [3.8, 4) is 11.8 Å². The Balaban J connectivity index is 1.46. The second kappa shape index (κ2) is 8.14. The molecule has 3 aromatic heterocycles. The fourth-order valence-corrected chi connectivity index (χ4v) is 3.41. The molecule has 0 radical (unpaired) electrons. The highest BCUT2D eigenvalue weighted by atomic mass is 16.5. The SMILES string of the molecule is c1cc(COc2nc(N3CCOCC3)cc(-n3cc4c(n3)COCC4)n2)ccn1. The number of hydrogen-bond donors (Lipinski definition) is 0. The van der Waals surface area contributed by atoms with Gasteiger partial charge in [-0.05, 0) is 29.7 Å². The van der Waals surface area contributed by atoms with Gasteiger partial charge in [0.1, 0.15) is 12.4 Å². The Labute approximate surface area is 168 Å². The highest BCUT2D eigenvalue weighted by Gasteiger charge is 2.19. The molecule has 0 bridgehead atoms. The number of pyridine rings is 1. The summed E-state index contributed by atoms with van der Waals surface area (Å²) in [6, 6.07) is 6.09. The van der Waals surface area contributed by atoms with E-state index >= 15 is 0 Å². The molecule has 1 fully saturated rings. The van der Waals surface area contributed by atoms with Crippen molar-refractivity contribution in [1.29, 1.82) is 0 Å². The molecule has 0 amide bonds. The van der Waals surface area contributed by atoms with Crippen molar-refractivity contribution in [3.63, 3.8) is 0 Å². The number of fused-ring (bicyclic) bond motifs is 1. The maximum absolute atomic E-state index is 5.91. The third-order valence-electron chi connectivity index (χ3n) is 5.00. The van der Waals surface area contributed by atoms with Gasteiger partial charge in [0, 0.05) is 37.7 Å². The van der Waals surface area contributed by atoms with Crippen molar-refractivity contribution < 1.29 is 14.2 Å². The van der Waals surface area contributed by atoms with E-state index in [0.717, 1.165) is 43.2 Å². The van der Waals surface area contributed by atoms with Gasteiger partial charge in [-0.3, -0.25) is 4.98 Å². The molecule has 5 heterocycles. The monoisotopic (exact) mass is 394 g/mol. The van der Waals surface area contributed by atoms with Crippen molar-refractivity contribution in [2.45, 2.75) is 19.6 Å². The normalized spacial score (nSPS) is 16.5. The van der Waals surface area contributed by atoms with E-state index in [2.05, 4.69) is 25.0 Å². The van der Waals surface area contributed by atoms with Crippen LogP contribution in [0.4, 0.5) is 5.82 Å². The van der Waals surface area contributed by atoms with Gasteiger partial charge in [-0.25, -0.2) is 4.68 Å². The number of aromatic nitrogens is 5. The van der Waals surface area contributed by atoms with Crippen molar-refractivity contribution in [2.75, 3.05) is 37.8 Å². The van der Waals surface area contributed by atoms with Gasteiger partial charge in [0.15, 0.2) is 5.82 Å². The van der Waals surface area contributed by atoms with E-state index < -0.39 is 0 Å². The lowest BCUT2D eigenvalue weighted by Crippen LogP contribution is -2.37. The van der Waals surface area contributed by atoms with Gasteiger partial charge >= 0.3 is 6.01 Å². The van der Waals surface area contributed by atoms with Crippen LogP contribution in [-0.2, 0) is 29.1 Å². The lowest BCUT2D eigenvalue weighted by molar-refractivity contribution is 0.108. The lowest BCUT2D eigenvalue weighted by atomic mass is 10.2. The van der Waals surface area contributed by atoms with E-state index in [1.807, 2.05) is 24.4 Å². The van der Waals surface area contributed by atoms with Crippen LogP contribution >= 0.6 is 0 Å². The van der Waals surface area contributed by atoms with Gasteiger partial charge in [0.05, 0.1) is 32.1 Å². The smallest absolute Gasteiger partial charge is 0.320 e. The van der Waals surface area contributed by atoms with Crippen LogP contribution in [0.5, 0.6) is 6.01 Å². The Morgan fingerprint density at radius 2 is 1.83 bits per heavy atom. The molecule has 2 aliphatic heterocycles. The maximum atomic E-state index is 5.91. The van der Waals surface area contributed by atoms with Crippen molar-refractivity contribution in [1.82, 2.24) is 24.7 Å². The summed E-state index contributed by atoms with van der Waals surface area (Å²) < 4.78 is 18.7. The molecule has 0 aromatic carbocycles. The summed E-state index contributed by atoms with van der Waals surface area (Å²) in [5.74, 6) is 1.49. The van der Waals surface area contributed by atoms with E-state index in [1.165, 1.54) is 5.56 Å². The first kappa shape index (κ1) is 18.0. The zero-order valence-corrected chi connectivity index (χ0v) is 16.0. The zero-order valence-electron chi connectivity index (χ0n) is 16.0. The van der Waals surface area contributed by atoms with Gasteiger partial charge in [-0.1, -0.05) is 0 Å². The van der Waals surface area contributed by atoms with Crippen molar-refractivity contribution >= 4 is 5.82 Å². The van der Waals surface area contributed by atoms with Crippen LogP contribution in [0.2, 0.25) is 0 Å². The quantitative estimate of drug-likeness (QED) is 0.644. The van der Waals surface area contributed by atoms with Gasteiger partial charge in [0.2, 0.25) is 0 Å². The summed E-state index contributed by atoms with van der Waals surface area (Å²) >= 11 is 0. The van der Waals surface area contributed by atoms with E-state index in [0.29, 0.717) is 38.3 Å². The summed E-state index contributed by atoms with van der Waals surface area (Å²) in [7, 11) is 0. The summed E-state index contributed by atoms with van der Waals surface area (Å²) in [5.41, 5.74) is 3.16. The molecule has 150 valence electrons. The largest absolute Gasteiger partial charge is 0.458 e. The fourth-order valence-electron chi connectivity index (χ4n) is 3.41. The Kier molecular flexibility index (Phi) is 5.06. The zero-order chi connectivity index (χ0) is 19.5. The van der Waals surface area contributed by atoms with Crippen LogP contribution in [0.25, 0.3) is 5.82 Å². The average Bonchev–Trinajstić information content (AvgIpc) is 3.23. The van der Waals surface area contributed by atoms with Crippen LogP contribution in [0, 0.1) is 0 Å². The third kappa shape index (κ3) is 4.06. The molecular formula is C20H22N6O3. The number of hydrogen-bond acceptors (Lipinski definition) is 8. The molecule has 0 unspecified atom stereocenters. The van der Waals surface area contributed by atoms with Crippen LogP contribution in [0.1, 0.15) is 16.8 Å². The van der Waals surface area contributed by atoms with Crippen LogP contribution < -0.4 is 9.64 Å². The molecular weight excluding hydrogens is 372 g/mol. The molecule has 0 spiro atoms. The highest BCUT2D eigenvalue weighted by molar-refractivity contribution is 5.46. The minimum Gasteiger partial charge on any atom is -0.458 e. The topological polar surface area (TPSA) is 87.4 Å². The van der Waals surface area contributed by atoms with Crippen LogP contribution in [-0.4, -0.2) is 57.6 Å². The number of ether oxygens (including phenoxy) is 3. The van der Waals surface area contributed by atoms with E-state index in [-0.39, 0.29) is 0 Å². The van der Waals surface area contributed by atoms with E-state index in [9.17, 15) is 0 Å². The predicted octanol–water partition coefficient (Wildman–Crippen LogP) is 1.55. The maximum Gasteiger partial charge on any atom is 0.320 e. The molecule has 9 nitrogen and oxygen atoms in total. The van der Waals surface area contributed by atoms with Gasteiger partial charge in [0.25, 0.3) is 0 Å². The molecule has 5 rings (SSSR count). The van der Waals surface area contributed by atoms with Crippen LogP contribution in [0.3, 0.4) is 0 Å². The molecule has 1 saturated heterocycles. The van der Waals surface area contributed by atoms with Crippen molar-refractivity contribution in [3.05, 3.63) is 53.6 Å². The van der Waals surface area contributed by atoms with E-state index in [4.69, 9.17) is 14.2 Å².